The summed E-state index contributed by atoms with van der Waals surface area (Å²) in [6.07, 6.45) is 2.08. The topological polar surface area (TPSA) is 52.4 Å². The zero-order valence-electron chi connectivity index (χ0n) is 8.46. The van der Waals surface area contributed by atoms with Crippen molar-refractivity contribution in [2.75, 3.05) is 33.3 Å². The summed E-state index contributed by atoms with van der Waals surface area (Å²) in [6, 6.07) is 0. The molecule has 1 radical (unpaired) electrons. The standard InChI is InChI=1S/C9H17N2O2.Re/c1-10-6-9(7-13-8-12)2-4-11-5-3-9;/h8,11H,2-7H2,1H3;/q-1;. The number of piperidine rings is 1. The van der Waals surface area contributed by atoms with E-state index in [9.17, 15) is 4.79 Å². The number of ether oxygens (including phenoxy) is 1. The second-order valence-corrected chi connectivity index (χ2v) is 3.63. The molecule has 0 spiro atoms. The molecule has 0 atom stereocenters. The molecule has 14 heavy (non-hydrogen) atoms. The molecular weight excluding hydrogens is 354 g/mol. The maximum Gasteiger partial charge on any atom is 0.293 e. The molecule has 0 aromatic carbocycles. The fraction of sp³-hybridized carbons (Fsp3) is 0.889. The zero-order chi connectivity index (χ0) is 9.57. The zero-order valence-corrected chi connectivity index (χ0v) is 11.2. The van der Waals surface area contributed by atoms with Crippen LogP contribution in [0.15, 0.2) is 0 Å². The van der Waals surface area contributed by atoms with E-state index in [-0.39, 0.29) is 25.8 Å². The molecular formula is C9H17N2O2Re-. The molecule has 0 bridgehead atoms. The van der Waals surface area contributed by atoms with Gasteiger partial charge in [0.1, 0.15) is 0 Å². The van der Waals surface area contributed by atoms with Gasteiger partial charge in [-0.25, -0.2) is 0 Å². The van der Waals surface area contributed by atoms with Crippen molar-refractivity contribution in [2.45, 2.75) is 12.8 Å². The van der Waals surface area contributed by atoms with Gasteiger partial charge in [-0.15, -0.1) is 6.54 Å². The van der Waals surface area contributed by atoms with Gasteiger partial charge in [0.2, 0.25) is 0 Å². The van der Waals surface area contributed by atoms with Crippen LogP contribution < -0.4 is 5.32 Å². The molecule has 1 aliphatic heterocycles. The Morgan fingerprint density at radius 3 is 2.64 bits per heavy atom. The molecule has 0 amide bonds. The Morgan fingerprint density at radius 1 is 1.50 bits per heavy atom. The van der Waals surface area contributed by atoms with Crippen LogP contribution >= 0.6 is 0 Å². The molecule has 1 rings (SSSR count). The summed E-state index contributed by atoms with van der Waals surface area (Å²) in [5.74, 6) is 0. The third-order valence-corrected chi connectivity index (χ3v) is 2.62. The van der Waals surface area contributed by atoms with Crippen LogP contribution in [0.3, 0.4) is 0 Å². The molecule has 83 valence electrons. The predicted octanol–water partition coefficient (Wildman–Crippen LogP) is 0.530. The van der Waals surface area contributed by atoms with Crippen LogP contribution in [-0.4, -0.2) is 39.8 Å². The number of carbonyl (C=O) groups excluding carboxylic acids is 1. The first-order valence-corrected chi connectivity index (χ1v) is 4.64. The summed E-state index contributed by atoms with van der Waals surface area (Å²) in [7, 11) is 1.81. The van der Waals surface area contributed by atoms with Crippen LogP contribution in [0.4, 0.5) is 0 Å². The molecule has 1 fully saturated rings. The second-order valence-electron chi connectivity index (χ2n) is 3.63. The van der Waals surface area contributed by atoms with E-state index in [4.69, 9.17) is 4.74 Å². The molecule has 1 heterocycles. The number of nitrogens with zero attached hydrogens (tertiary/aromatic N) is 1. The number of hydrogen-bond donors (Lipinski definition) is 1. The Morgan fingerprint density at radius 2 is 2.14 bits per heavy atom. The van der Waals surface area contributed by atoms with Crippen LogP contribution in [0.2, 0.25) is 0 Å². The van der Waals surface area contributed by atoms with E-state index in [0.717, 1.165) is 32.5 Å². The van der Waals surface area contributed by atoms with Gasteiger partial charge in [-0.3, -0.25) is 4.79 Å². The summed E-state index contributed by atoms with van der Waals surface area (Å²) in [6.45, 7) is 3.83. The molecule has 1 saturated heterocycles. The summed E-state index contributed by atoms with van der Waals surface area (Å²) >= 11 is 0. The fourth-order valence-corrected chi connectivity index (χ4v) is 1.85. The maximum atomic E-state index is 10.1. The van der Waals surface area contributed by atoms with Gasteiger partial charge >= 0.3 is 0 Å². The van der Waals surface area contributed by atoms with Gasteiger partial charge in [0.25, 0.3) is 6.47 Å². The van der Waals surface area contributed by atoms with Crippen LogP contribution in [0.5, 0.6) is 0 Å². The summed E-state index contributed by atoms with van der Waals surface area (Å²) < 4.78 is 4.86. The minimum absolute atomic E-state index is 0. The predicted molar refractivity (Wildman–Crippen MR) is 50.7 cm³/mol. The van der Waals surface area contributed by atoms with E-state index < -0.39 is 0 Å². The van der Waals surface area contributed by atoms with E-state index in [1.165, 1.54) is 0 Å². The van der Waals surface area contributed by atoms with Crippen molar-refractivity contribution in [3.8, 4) is 0 Å². The Bertz CT molecular complexity index is 155. The first kappa shape index (κ1) is 14.1. The monoisotopic (exact) mass is 372 g/mol. The summed E-state index contributed by atoms with van der Waals surface area (Å²) in [5, 5.41) is 7.45. The second kappa shape index (κ2) is 7.36. The SMILES string of the molecule is C[N-]CC1(COC=O)CCNCC1.[Re]. The van der Waals surface area contributed by atoms with Crippen LogP contribution in [0, 0.1) is 5.41 Å². The summed E-state index contributed by atoms with van der Waals surface area (Å²) in [5.41, 5.74) is 0.0981. The van der Waals surface area contributed by atoms with Gasteiger partial charge in [0.15, 0.2) is 0 Å². The quantitative estimate of drug-likeness (QED) is 0.718. The van der Waals surface area contributed by atoms with E-state index in [1.54, 1.807) is 0 Å². The van der Waals surface area contributed by atoms with Crippen LogP contribution in [-0.2, 0) is 30.0 Å². The Balaban J connectivity index is 0.00000169. The van der Waals surface area contributed by atoms with E-state index in [2.05, 4.69) is 10.6 Å². The molecule has 0 aromatic heterocycles. The first-order valence-electron chi connectivity index (χ1n) is 4.64. The normalized spacial score (nSPS) is 19.5. The van der Waals surface area contributed by atoms with E-state index >= 15 is 0 Å². The van der Waals surface area contributed by atoms with Crippen molar-refractivity contribution in [1.29, 1.82) is 0 Å². The largest absolute Gasteiger partial charge is 0.664 e. The third kappa shape index (κ3) is 4.06. The Labute approximate surface area is 98.8 Å². The van der Waals surface area contributed by atoms with Gasteiger partial charge in [-0.1, -0.05) is 0 Å². The minimum Gasteiger partial charge on any atom is -0.664 e. The van der Waals surface area contributed by atoms with Crippen LogP contribution in [0.25, 0.3) is 5.32 Å². The smallest absolute Gasteiger partial charge is 0.293 e. The van der Waals surface area contributed by atoms with Crippen molar-refractivity contribution in [2.24, 2.45) is 5.41 Å². The van der Waals surface area contributed by atoms with E-state index in [1.807, 2.05) is 7.05 Å². The number of rotatable bonds is 5. The van der Waals surface area contributed by atoms with E-state index in [0.29, 0.717) is 13.1 Å². The van der Waals surface area contributed by atoms with Crippen molar-refractivity contribution in [1.82, 2.24) is 5.32 Å². The molecule has 1 aliphatic rings. The molecule has 5 heteroatoms. The number of carbonyl (C=O) groups is 1. The first-order chi connectivity index (χ1) is 6.33. The average Bonchev–Trinajstić information content (AvgIpc) is 2.17. The average molecular weight is 371 g/mol. The van der Waals surface area contributed by atoms with Crippen LogP contribution in [0.1, 0.15) is 12.8 Å². The minimum atomic E-state index is 0. The fourth-order valence-electron chi connectivity index (χ4n) is 1.85. The van der Waals surface area contributed by atoms with Gasteiger partial charge in [0.05, 0.1) is 6.61 Å². The van der Waals surface area contributed by atoms with Crippen molar-refractivity contribution in [3.63, 3.8) is 0 Å². The molecule has 0 unspecified atom stereocenters. The number of hydrogen-bond acceptors (Lipinski definition) is 3. The number of nitrogens with one attached hydrogen (secondary N) is 1. The molecule has 0 aliphatic carbocycles. The Kier molecular flexibility index (Phi) is 7.39. The van der Waals surface area contributed by atoms with Gasteiger partial charge in [-0.05, 0) is 31.3 Å². The van der Waals surface area contributed by atoms with Gasteiger partial charge in [0, 0.05) is 20.4 Å². The van der Waals surface area contributed by atoms with Crippen molar-refractivity contribution in [3.05, 3.63) is 5.32 Å². The maximum absolute atomic E-state index is 10.1. The Hall–Kier alpha value is 0.0523. The van der Waals surface area contributed by atoms with Gasteiger partial charge in [-0.2, -0.15) is 7.05 Å². The van der Waals surface area contributed by atoms with Crippen molar-refractivity contribution < 1.29 is 30.0 Å². The summed E-state index contributed by atoms with van der Waals surface area (Å²) in [4.78, 5) is 10.1. The molecule has 0 saturated carbocycles. The van der Waals surface area contributed by atoms with Gasteiger partial charge < -0.3 is 15.4 Å². The molecule has 1 N–H and O–H groups in total. The molecule has 0 aromatic rings. The molecule has 4 nitrogen and oxygen atoms in total. The third-order valence-electron chi connectivity index (χ3n) is 2.62. The van der Waals surface area contributed by atoms with Crippen molar-refractivity contribution >= 4 is 6.47 Å².